The van der Waals surface area contributed by atoms with E-state index in [4.69, 9.17) is 15.2 Å². The molecular weight excluding hydrogens is 908 g/mol. The molecule has 0 aliphatic heterocycles. The first kappa shape index (κ1) is 46.4. The van der Waals surface area contributed by atoms with Crippen LogP contribution in [-0.2, 0) is 32.7 Å². The minimum absolute atomic E-state index is 0.0427. The molecule has 10 nitrogen and oxygen atoms in total. The molecule has 0 radical (unpaired) electrons. The molecule has 0 unspecified atom stereocenters. The molecule has 0 aliphatic rings. The average molecular weight is 957 g/mol. The summed E-state index contributed by atoms with van der Waals surface area (Å²) >= 11 is 6.81. The summed E-state index contributed by atoms with van der Waals surface area (Å²) < 4.78 is 40.7. The highest BCUT2D eigenvalue weighted by Crippen LogP contribution is 2.29. The molecule has 60 heavy (non-hydrogen) atoms. The molecule has 0 bridgehead atoms. The normalized spacial score (nSPS) is 12.8. The van der Waals surface area contributed by atoms with Gasteiger partial charge >= 0.3 is 0 Å². The monoisotopic (exact) mass is 954 g/mol. The van der Waals surface area contributed by atoms with Crippen LogP contribution in [0.2, 0.25) is 0 Å². The lowest BCUT2D eigenvalue weighted by molar-refractivity contribution is 0.100. The third-order valence-electron chi connectivity index (χ3n) is 9.40. The number of aromatic nitrogens is 2. The number of hydrogen-bond donors (Lipinski definition) is 3. The van der Waals surface area contributed by atoms with Gasteiger partial charge in [0, 0.05) is 52.0 Å². The molecule has 5 aromatic carbocycles. The number of ether oxygens (including phenoxy) is 2. The SMILES string of the molecule is COCc1cc2ccc(Br)cc2nc1C(C)=O.COCc1cc2ccc(Br)cc2nc1[C@@H](C)O.Cc1ccc(S(=O)(=O)N[C@H](c2ccccc2)[C@H](N)c2ccccc2)cc1. The van der Waals surface area contributed by atoms with Gasteiger partial charge in [0.2, 0.25) is 10.0 Å². The molecule has 0 fully saturated rings. The Bertz CT molecular complexity index is 2630. The molecule has 2 aromatic heterocycles. The maximum Gasteiger partial charge on any atom is 0.241 e. The van der Waals surface area contributed by atoms with Gasteiger partial charge in [-0.2, -0.15) is 0 Å². The number of Topliss-reactive ketones (excluding diaryl/α,β-unsaturated/α-hetero) is 1. The fourth-order valence-corrected chi connectivity index (χ4v) is 8.36. The number of sulfonamides is 1. The Morgan fingerprint density at radius 3 is 1.75 bits per heavy atom. The Balaban J connectivity index is 0.000000177. The fraction of sp³-hybridized carbons (Fsp3) is 0.213. The maximum absolute atomic E-state index is 12.9. The first-order valence-corrected chi connectivity index (χ1v) is 22.1. The third kappa shape index (κ3) is 12.4. The van der Waals surface area contributed by atoms with Crippen molar-refractivity contribution in [2.24, 2.45) is 5.73 Å². The lowest BCUT2D eigenvalue weighted by Crippen LogP contribution is -2.36. The lowest BCUT2D eigenvalue weighted by Gasteiger charge is -2.26. The van der Waals surface area contributed by atoms with E-state index in [0.717, 1.165) is 58.6 Å². The molecule has 2 heterocycles. The van der Waals surface area contributed by atoms with Crippen LogP contribution in [0.4, 0.5) is 0 Å². The minimum atomic E-state index is -3.71. The second kappa shape index (κ2) is 21.7. The number of rotatable bonds is 12. The summed E-state index contributed by atoms with van der Waals surface area (Å²) in [5.74, 6) is -0.0427. The zero-order valence-electron chi connectivity index (χ0n) is 34.0. The fourth-order valence-electron chi connectivity index (χ4n) is 6.42. The second-order valence-electron chi connectivity index (χ2n) is 14.1. The van der Waals surface area contributed by atoms with Crippen LogP contribution in [0.1, 0.15) is 76.0 Å². The number of carbonyl (C=O) groups excluding carboxylic acids is 1. The van der Waals surface area contributed by atoms with E-state index in [1.54, 1.807) is 45.4 Å². The van der Waals surface area contributed by atoms with Gasteiger partial charge in [-0.15, -0.1) is 0 Å². The second-order valence-corrected chi connectivity index (χ2v) is 17.6. The number of pyridine rings is 2. The van der Waals surface area contributed by atoms with Crippen LogP contribution in [-0.4, -0.2) is 43.5 Å². The average Bonchev–Trinajstić information content (AvgIpc) is 3.23. The summed E-state index contributed by atoms with van der Waals surface area (Å²) in [6.07, 6.45) is -0.594. The Hall–Kier alpha value is -4.70. The summed E-state index contributed by atoms with van der Waals surface area (Å²) in [7, 11) is -0.464. The molecule has 0 aliphatic carbocycles. The Kier molecular flexibility index (Phi) is 16.8. The van der Waals surface area contributed by atoms with E-state index in [2.05, 4.69) is 46.5 Å². The van der Waals surface area contributed by atoms with Crippen LogP contribution >= 0.6 is 31.9 Å². The van der Waals surface area contributed by atoms with Crippen molar-refractivity contribution in [2.75, 3.05) is 14.2 Å². The molecule has 7 rings (SSSR count). The van der Waals surface area contributed by atoms with E-state index in [1.165, 1.54) is 6.92 Å². The molecule has 13 heteroatoms. The highest BCUT2D eigenvalue weighted by molar-refractivity contribution is 9.10. The van der Waals surface area contributed by atoms with Crippen LogP contribution in [0.3, 0.4) is 0 Å². The van der Waals surface area contributed by atoms with Gasteiger partial charge < -0.3 is 20.3 Å². The summed E-state index contributed by atoms with van der Waals surface area (Å²) in [5, 5.41) is 11.8. The molecule has 7 aromatic rings. The van der Waals surface area contributed by atoms with Crippen molar-refractivity contribution in [1.82, 2.24) is 14.7 Å². The van der Waals surface area contributed by atoms with E-state index in [9.17, 15) is 18.3 Å². The largest absolute Gasteiger partial charge is 0.387 e. The number of benzene rings is 5. The number of hydrogen-bond acceptors (Lipinski definition) is 9. The van der Waals surface area contributed by atoms with Gasteiger partial charge in [0.15, 0.2) is 5.78 Å². The number of aryl methyl sites for hydroxylation is 1. The molecule has 0 saturated carbocycles. The number of nitrogens with two attached hydrogens (primary N) is 1. The van der Waals surface area contributed by atoms with Gasteiger partial charge in [0.05, 0.1) is 53.0 Å². The van der Waals surface area contributed by atoms with Crippen molar-refractivity contribution in [3.63, 3.8) is 0 Å². The first-order chi connectivity index (χ1) is 28.7. The van der Waals surface area contributed by atoms with E-state index in [1.807, 2.05) is 116 Å². The predicted molar refractivity (Wildman–Crippen MR) is 245 cm³/mol. The zero-order valence-corrected chi connectivity index (χ0v) is 38.0. The van der Waals surface area contributed by atoms with Gasteiger partial charge in [-0.05, 0) is 73.5 Å². The molecule has 3 atom stereocenters. The van der Waals surface area contributed by atoms with Crippen molar-refractivity contribution in [1.29, 1.82) is 0 Å². The van der Waals surface area contributed by atoms with Crippen molar-refractivity contribution >= 4 is 69.5 Å². The van der Waals surface area contributed by atoms with Gasteiger partial charge in [-0.1, -0.05) is 122 Å². The van der Waals surface area contributed by atoms with Crippen LogP contribution in [0.5, 0.6) is 0 Å². The Labute approximate surface area is 368 Å². The van der Waals surface area contributed by atoms with Gasteiger partial charge in [0.25, 0.3) is 0 Å². The number of ketones is 1. The molecule has 0 spiro atoms. The summed E-state index contributed by atoms with van der Waals surface area (Å²) in [5.41, 5.74) is 13.7. The number of nitrogens with one attached hydrogen (secondary N) is 1. The highest BCUT2D eigenvalue weighted by Gasteiger charge is 2.27. The van der Waals surface area contributed by atoms with E-state index in [-0.39, 0.29) is 10.7 Å². The highest BCUT2D eigenvalue weighted by atomic mass is 79.9. The number of carbonyl (C=O) groups is 1. The lowest BCUT2D eigenvalue weighted by atomic mass is 9.95. The third-order valence-corrected chi connectivity index (χ3v) is 11.8. The van der Waals surface area contributed by atoms with Crippen molar-refractivity contribution in [3.8, 4) is 0 Å². The number of aliphatic hydroxyl groups excluding tert-OH is 1. The van der Waals surface area contributed by atoms with Crippen LogP contribution in [0, 0.1) is 6.92 Å². The van der Waals surface area contributed by atoms with Gasteiger partial charge in [-0.3, -0.25) is 4.79 Å². The van der Waals surface area contributed by atoms with Crippen LogP contribution in [0.15, 0.2) is 147 Å². The number of halogens is 2. The summed E-state index contributed by atoms with van der Waals surface area (Å²) in [4.78, 5) is 20.7. The number of aliphatic hydroxyl groups is 1. The molecule has 312 valence electrons. The standard InChI is InChI=1S/C21H22N2O2S.C13H14BrNO2.C13H12BrNO2/c1-16-12-14-19(15-13-16)26(24,25)23-21(18-10-6-3-7-11-18)20(22)17-8-4-2-5-9-17;2*1-8(16)13-10(7-17-2)5-9-3-4-11(14)6-12(9)15-13/h2-15,20-21,23H,22H2,1H3;3-6,8,16H,7H2,1-2H3;3-6H,7H2,1-2H3/t20-,21-;8-;/m11./s1. The zero-order chi connectivity index (χ0) is 43.4. The summed E-state index contributed by atoms with van der Waals surface area (Å²) in [6.45, 7) is 6.01. The molecule has 4 N–H and O–H groups in total. The Morgan fingerprint density at radius 2 is 1.23 bits per heavy atom. The van der Waals surface area contributed by atoms with Crippen LogP contribution in [0.25, 0.3) is 21.8 Å². The topological polar surface area (TPSA) is 154 Å². The van der Waals surface area contributed by atoms with Crippen molar-refractivity contribution in [3.05, 3.63) is 182 Å². The van der Waals surface area contributed by atoms with Crippen LogP contribution < -0.4 is 10.5 Å². The Morgan fingerprint density at radius 1 is 0.733 bits per heavy atom. The minimum Gasteiger partial charge on any atom is -0.387 e. The van der Waals surface area contributed by atoms with E-state index in [0.29, 0.717) is 24.6 Å². The predicted octanol–water partition coefficient (Wildman–Crippen LogP) is 10.3. The smallest absolute Gasteiger partial charge is 0.241 e. The molecule has 0 saturated heterocycles. The number of methoxy groups -OCH3 is 2. The molecular formula is C47H48Br2N4O6S. The van der Waals surface area contributed by atoms with Crippen molar-refractivity contribution < 1.29 is 27.8 Å². The first-order valence-electron chi connectivity index (χ1n) is 19.0. The number of fused-ring (bicyclic) bond motifs is 2. The van der Waals surface area contributed by atoms with Gasteiger partial charge in [0.1, 0.15) is 5.69 Å². The molecule has 0 amide bonds. The van der Waals surface area contributed by atoms with E-state index >= 15 is 0 Å². The van der Waals surface area contributed by atoms with E-state index < -0.39 is 28.2 Å². The van der Waals surface area contributed by atoms with Gasteiger partial charge in [-0.25, -0.2) is 23.1 Å². The summed E-state index contributed by atoms with van der Waals surface area (Å²) in [6, 6.07) is 40.3. The maximum atomic E-state index is 12.9. The van der Waals surface area contributed by atoms with Crippen molar-refractivity contribution in [2.45, 2.75) is 57.1 Å². The quantitative estimate of drug-likeness (QED) is 0.102. The number of nitrogens with zero attached hydrogens (tertiary/aromatic N) is 2.